The molecule has 0 heterocycles. The first-order valence-corrected chi connectivity index (χ1v) is 4.95. The zero-order chi connectivity index (χ0) is 9.90. The topological polar surface area (TPSA) is 59.7 Å². The highest BCUT2D eigenvalue weighted by molar-refractivity contribution is 9.12. The van der Waals surface area contributed by atoms with E-state index >= 15 is 0 Å². The van der Waals surface area contributed by atoms with Gasteiger partial charge in [-0.25, -0.2) is 0 Å². The fourth-order valence-corrected chi connectivity index (χ4v) is 1.09. The Bertz CT molecular complexity index is 284. The Morgan fingerprint density at radius 2 is 2.38 bits per heavy atom. The van der Waals surface area contributed by atoms with Crippen molar-refractivity contribution < 1.29 is 0 Å². The van der Waals surface area contributed by atoms with E-state index in [1.54, 1.807) is 13.1 Å². The number of hydrogen-bond donors (Lipinski definition) is 2. The largest absolute Gasteiger partial charge is 0.388 e. The van der Waals surface area contributed by atoms with Gasteiger partial charge in [0.1, 0.15) is 0 Å². The predicted octanol–water partition coefficient (Wildman–Crippen LogP) is 2.16. The van der Waals surface area contributed by atoms with Crippen molar-refractivity contribution in [2.45, 2.75) is 19.8 Å². The average molecular weight is 242 g/mol. The van der Waals surface area contributed by atoms with E-state index in [0.29, 0.717) is 12.3 Å². The van der Waals surface area contributed by atoms with Crippen LogP contribution in [0.5, 0.6) is 0 Å². The molecule has 0 saturated heterocycles. The zero-order valence-electron chi connectivity index (χ0n) is 7.52. The molecule has 0 aromatic rings. The third-order valence-electron chi connectivity index (χ3n) is 2.12. The molecule has 1 fully saturated rings. The molecule has 0 amide bonds. The summed E-state index contributed by atoms with van der Waals surface area (Å²) in [6.45, 7) is 2.39. The van der Waals surface area contributed by atoms with Gasteiger partial charge in [-0.05, 0) is 35.7 Å². The summed E-state index contributed by atoms with van der Waals surface area (Å²) in [7, 11) is 0. The number of nitrogens with one attached hydrogen (secondary N) is 2. The maximum atomic E-state index is 8.77. The number of nitrogens with zero attached hydrogens (tertiary/aromatic N) is 1. The summed E-state index contributed by atoms with van der Waals surface area (Å²) in [5, 5.41) is 19.1. The van der Waals surface area contributed by atoms with E-state index in [-0.39, 0.29) is 5.41 Å². The van der Waals surface area contributed by atoms with Gasteiger partial charge in [-0.3, -0.25) is 0 Å². The van der Waals surface area contributed by atoms with Crippen LogP contribution in [0.4, 0.5) is 0 Å². The summed E-state index contributed by atoms with van der Waals surface area (Å²) in [6.07, 6.45) is 3.72. The summed E-state index contributed by atoms with van der Waals surface area (Å²) < 4.78 is 0.737. The Hall–Kier alpha value is -0.820. The van der Waals surface area contributed by atoms with Crippen LogP contribution in [-0.4, -0.2) is 12.3 Å². The number of rotatable bonds is 4. The molecule has 1 aliphatic rings. The smallest absolute Gasteiger partial charge is 0.0747 e. The fourth-order valence-electron chi connectivity index (χ4n) is 0.923. The molecule has 0 aliphatic heterocycles. The molecule has 0 aromatic heterocycles. The minimum atomic E-state index is -0.125. The molecule has 13 heavy (non-hydrogen) atoms. The van der Waals surface area contributed by atoms with E-state index in [1.807, 2.05) is 0 Å². The SMILES string of the molecule is CC(=N)/C(Br)=C\NCC1(C#N)CC1. The normalized spacial score (nSPS) is 19.0. The van der Waals surface area contributed by atoms with Crippen molar-refractivity contribution in [2.24, 2.45) is 5.41 Å². The Morgan fingerprint density at radius 1 is 1.77 bits per heavy atom. The van der Waals surface area contributed by atoms with Gasteiger partial charge in [0.15, 0.2) is 0 Å². The second kappa shape index (κ2) is 3.93. The van der Waals surface area contributed by atoms with Crippen molar-refractivity contribution in [3.63, 3.8) is 0 Å². The van der Waals surface area contributed by atoms with Crippen LogP contribution in [0.3, 0.4) is 0 Å². The van der Waals surface area contributed by atoms with Crippen LogP contribution in [0.2, 0.25) is 0 Å². The van der Waals surface area contributed by atoms with Crippen LogP contribution in [0.15, 0.2) is 10.7 Å². The van der Waals surface area contributed by atoms with E-state index < -0.39 is 0 Å². The quantitative estimate of drug-likeness (QED) is 0.742. The molecule has 0 bridgehead atoms. The van der Waals surface area contributed by atoms with Gasteiger partial charge in [-0.2, -0.15) is 5.26 Å². The van der Waals surface area contributed by atoms with Crippen LogP contribution >= 0.6 is 15.9 Å². The fraction of sp³-hybridized carbons (Fsp3) is 0.556. The Balaban J connectivity index is 2.33. The van der Waals surface area contributed by atoms with Gasteiger partial charge in [0.2, 0.25) is 0 Å². The van der Waals surface area contributed by atoms with Gasteiger partial charge in [0.05, 0.1) is 16.0 Å². The molecular formula is C9H12BrN3. The van der Waals surface area contributed by atoms with Gasteiger partial charge < -0.3 is 10.7 Å². The Labute approximate surface area is 86.5 Å². The lowest BCUT2D eigenvalue weighted by atomic mass is 10.1. The summed E-state index contributed by atoms with van der Waals surface area (Å²) in [5.41, 5.74) is 0.356. The molecule has 0 atom stereocenters. The molecule has 1 rings (SSSR count). The monoisotopic (exact) mass is 241 g/mol. The van der Waals surface area contributed by atoms with E-state index in [9.17, 15) is 0 Å². The molecule has 2 N–H and O–H groups in total. The Morgan fingerprint density at radius 3 is 2.77 bits per heavy atom. The lowest BCUT2D eigenvalue weighted by molar-refractivity contribution is 0.623. The second-order valence-corrected chi connectivity index (χ2v) is 4.24. The van der Waals surface area contributed by atoms with Gasteiger partial charge in [-0.15, -0.1) is 0 Å². The predicted molar refractivity (Wildman–Crippen MR) is 55.7 cm³/mol. The summed E-state index contributed by atoms with van der Waals surface area (Å²) in [6, 6.07) is 2.29. The Kier molecular flexibility index (Phi) is 3.10. The van der Waals surface area contributed by atoms with E-state index in [0.717, 1.165) is 17.3 Å². The summed E-state index contributed by atoms with van der Waals surface area (Å²) in [4.78, 5) is 0. The average Bonchev–Trinajstić information content (AvgIpc) is 2.85. The van der Waals surface area contributed by atoms with Crippen molar-refractivity contribution in [1.29, 1.82) is 10.7 Å². The number of halogens is 1. The maximum Gasteiger partial charge on any atom is 0.0747 e. The third kappa shape index (κ3) is 2.85. The minimum Gasteiger partial charge on any atom is -0.388 e. The van der Waals surface area contributed by atoms with Crippen molar-refractivity contribution >= 4 is 21.6 Å². The van der Waals surface area contributed by atoms with Gasteiger partial charge >= 0.3 is 0 Å². The molecule has 0 aromatic carbocycles. The first-order valence-electron chi connectivity index (χ1n) is 4.15. The highest BCUT2D eigenvalue weighted by atomic mass is 79.9. The maximum absolute atomic E-state index is 8.77. The van der Waals surface area contributed by atoms with Crippen LogP contribution in [0.1, 0.15) is 19.8 Å². The number of allylic oxidation sites excluding steroid dienone is 1. The minimum absolute atomic E-state index is 0.125. The van der Waals surface area contributed by atoms with Crippen molar-refractivity contribution in [3.05, 3.63) is 10.7 Å². The van der Waals surface area contributed by atoms with Gasteiger partial charge in [-0.1, -0.05) is 0 Å². The molecule has 0 spiro atoms. The van der Waals surface area contributed by atoms with Crippen LogP contribution < -0.4 is 5.32 Å². The molecule has 3 nitrogen and oxygen atoms in total. The van der Waals surface area contributed by atoms with E-state index in [2.05, 4.69) is 27.3 Å². The molecule has 0 unspecified atom stereocenters. The molecular weight excluding hydrogens is 230 g/mol. The van der Waals surface area contributed by atoms with Crippen molar-refractivity contribution in [2.75, 3.05) is 6.54 Å². The van der Waals surface area contributed by atoms with Crippen LogP contribution in [0.25, 0.3) is 0 Å². The lowest BCUT2D eigenvalue weighted by Crippen LogP contribution is -2.18. The number of hydrogen-bond acceptors (Lipinski definition) is 3. The molecule has 1 aliphatic carbocycles. The number of nitriles is 1. The lowest BCUT2D eigenvalue weighted by Gasteiger charge is -2.05. The van der Waals surface area contributed by atoms with E-state index in [4.69, 9.17) is 10.7 Å². The van der Waals surface area contributed by atoms with Crippen LogP contribution in [-0.2, 0) is 0 Å². The highest BCUT2D eigenvalue weighted by Crippen LogP contribution is 2.44. The molecule has 70 valence electrons. The first-order chi connectivity index (χ1) is 6.09. The van der Waals surface area contributed by atoms with Crippen molar-refractivity contribution in [1.82, 2.24) is 5.32 Å². The second-order valence-electron chi connectivity index (χ2n) is 3.39. The standard InChI is InChI=1S/C9H12BrN3/c1-7(12)8(10)4-13-6-9(5-11)2-3-9/h4,12-13H,2-3,6H2,1H3/b8-4+,12-7?. The highest BCUT2D eigenvalue weighted by Gasteiger charge is 2.42. The van der Waals surface area contributed by atoms with Crippen LogP contribution in [0, 0.1) is 22.2 Å². The van der Waals surface area contributed by atoms with Gasteiger partial charge in [0, 0.05) is 18.5 Å². The molecule has 0 radical (unpaired) electrons. The van der Waals surface area contributed by atoms with Crippen molar-refractivity contribution in [3.8, 4) is 6.07 Å². The molecule has 1 saturated carbocycles. The third-order valence-corrected chi connectivity index (χ3v) is 2.94. The zero-order valence-corrected chi connectivity index (χ0v) is 9.11. The van der Waals surface area contributed by atoms with Gasteiger partial charge in [0.25, 0.3) is 0 Å². The summed E-state index contributed by atoms with van der Waals surface area (Å²) in [5.74, 6) is 0. The van der Waals surface area contributed by atoms with E-state index in [1.165, 1.54) is 0 Å². The molecule has 4 heteroatoms. The summed E-state index contributed by atoms with van der Waals surface area (Å²) >= 11 is 3.24. The first kappa shape index (κ1) is 10.3.